The minimum absolute atomic E-state index is 0.0228. The van der Waals surface area contributed by atoms with Crippen molar-refractivity contribution in [2.24, 2.45) is 0 Å². The van der Waals surface area contributed by atoms with E-state index in [0.29, 0.717) is 20.5 Å². The van der Waals surface area contributed by atoms with E-state index in [1.54, 1.807) is 24.3 Å². The highest BCUT2D eigenvalue weighted by atomic mass is 79.9. The predicted molar refractivity (Wildman–Crippen MR) is 104 cm³/mol. The number of halogens is 1. The van der Waals surface area contributed by atoms with Gasteiger partial charge in [-0.3, -0.25) is 9.69 Å². The maximum absolute atomic E-state index is 12.7. The van der Waals surface area contributed by atoms with Gasteiger partial charge in [-0.25, -0.2) is 0 Å². The number of rotatable bonds is 3. The van der Waals surface area contributed by atoms with Crippen LogP contribution in [0.5, 0.6) is 11.5 Å². The van der Waals surface area contributed by atoms with Gasteiger partial charge in [0, 0.05) is 4.47 Å². The first-order chi connectivity index (χ1) is 11.5. The third kappa shape index (κ3) is 3.33. The molecule has 122 valence electrons. The lowest BCUT2D eigenvalue weighted by molar-refractivity contribution is -0.113. The summed E-state index contributed by atoms with van der Waals surface area (Å²) in [5, 5.41) is 9.85. The summed E-state index contributed by atoms with van der Waals surface area (Å²) in [6, 6.07) is 12.3. The van der Waals surface area contributed by atoms with Crippen LogP contribution in [-0.4, -0.2) is 22.4 Å². The largest absolute Gasteiger partial charge is 0.504 e. The first kappa shape index (κ1) is 17.0. The van der Waals surface area contributed by atoms with Crippen LogP contribution in [0.2, 0.25) is 0 Å². The second-order valence-electron chi connectivity index (χ2n) is 4.92. The number of thioether (sulfide) groups is 1. The van der Waals surface area contributed by atoms with E-state index in [2.05, 4.69) is 15.9 Å². The third-order valence-corrected chi connectivity index (χ3v) is 5.21. The predicted octanol–water partition coefficient (Wildman–Crippen LogP) is 4.57. The molecule has 1 heterocycles. The fourth-order valence-corrected chi connectivity index (χ4v) is 3.79. The normalized spacial score (nSPS) is 16.1. The Balaban J connectivity index is 1.90. The van der Waals surface area contributed by atoms with E-state index in [1.807, 2.05) is 24.3 Å². The van der Waals surface area contributed by atoms with E-state index in [-0.39, 0.29) is 11.7 Å². The molecule has 0 unspecified atom stereocenters. The summed E-state index contributed by atoms with van der Waals surface area (Å²) in [5.74, 6) is 0.229. The molecule has 0 radical (unpaired) electrons. The second-order valence-corrected chi connectivity index (χ2v) is 7.52. The summed E-state index contributed by atoms with van der Waals surface area (Å²) in [4.78, 5) is 14.7. The maximum atomic E-state index is 12.7. The van der Waals surface area contributed by atoms with Crippen LogP contribution in [0.1, 0.15) is 5.56 Å². The van der Waals surface area contributed by atoms with Gasteiger partial charge in [0.15, 0.2) is 15.8 Å². The molecule has 1 saturated heterocycles. The van der Waals surface area contributed by atoms with Crippen LogP contribution in [0.3, 0.4) is 0 Å². The highest BCUT2D eigenvalue weighted by Crippen LogP contribution is 2.37. The molecule has 0 atom stereocenters. The summed E-state index contributed by atoms with van der Waals surface area (Å²) < 4.78 is 6.43. The topological polar surface area (TPSA) is 49.8 Å². The van der Waals surface area contributed by atoms with Crippen LogP contribution < -0.4 is 9.64 Å². The number of carbonyl (C=O) groups is 1. The molecule has 1 N–H and O–H groups in total. The first-order valence-corrected chi connectivity index (χ1v) is 8.92. The van der Waals surface area contributed by atoms with Gasteiger partial charge in [0.25, 0.3) is 5.91 Å². The minimum Gasteiger partial charge on any atom is -0.504 e. The molecule has 7 heteroatoms. The summed E-state index contributed by atoms with van der Waals surface area (Å²) in [6.07, 6.45) is 1.71. The van der Waals surface area contributed by atoms with Gasteiger partial charge in [-0.1, -0.05) is 46.0 Å². The van der Waals surface area contributed by atoms with Gasteiger partial charge in [-0.05, 0) is 48.0 Å². The average molecular weight is 422 g/mol. The van der Waals surface area contributed by atoms with Gasteiger partial charge >= 0.3 is 0 Å². The van der Waals surface area contributed by atoms with Crippen molar-refractivity contribution in [3.8, 4) is 11.5 Å². The lowest BCUT2D eigenvalue weighted by atomic mass is 10.2. The molecule has 1 aliphatic heterocycles. The van der Waals surface area contributed by atoms with E-state index >= 15 is 0 Å². The highest BCUT2D eigenvalue weighted by Gasteiger charge is 2.33. The van der Waals surface area contributed by atoms with Crippen molar-refractivity contribution >= 4 is 61.9 Å². The lowest BCUT2D eigenvalue weighted by Gasteiger charge is -2.14. The van der Waals surface area contributed by atoms with Crippen LogP contribution in [0.15, 0.2) is 51.8 Å². The van der Waals surface area contributed by atoms with Crippen LogP contribution >= 0.6 is 39.9 Å². The Morgan fingerprint density at radius 3 is 2.58 bits per heavy atom. The van der Waals surface area contributed by atoms with E-state index in [0.717, 1.165) is 10.2 Å². The fraction of sp³-hybridized carbons (Fsp3) is 0.0588. The number of carbonyl (C=O) groups excluding carboxylic acids is 1. The Hall–Kier alpha value is -1.83. The molecule has 1 fully saturated rings. The zero-order valence-electron chi connectivity index (χ0n) is 12.5. The van der Waals surface area contributed by atoms with E-state index in [9.17, 15) is 9.90 Å². The van der Waals surface area contributed by atoms with Gasteiger partial charge in [-0.2, -0.15) is 0 Å². The SMILES string of the molecule is COc1ccc(/C=C2/SC(=S)N(c3ccc(Br)cc3)C2=O)cc1O. The van der Waals surface area contributed by atoms with Gasteiger partial charge in [-0.15, -0.1) is 0 Å². The number of benzene rings is 2. The van der Waals surface area contributed by atoms with Crippen molar-refractivity contribution in [1.82, 2.24) is 0 Å². The van der Waals surface area contributed by atoms with E-state index in [4.69, 9.17) is 17.0 Å². The number of ether oxygens (including phenoxy) is 1. The zero-order valence-corrected chi connectivity index (χ0v) is 15.7. The van der Waals surface area contributed by atoms with Crippen molar-refractivity contribution < 1.29 is 14.6 Å². The molecule has 1 amide bonds. The zero-order chi connectivity index (χ0) is 17.3. The summed E-state index contributed by atoms with van der Waals surface area (Å²) in [6.45, 7) is 0. The molecule has 2 aromatic carbocycles. The van der Waals surface area contributed by atoms with Crippen molar-refractivity contribution in [3.63, 3.8) is 0 Å². The fourth-order valence-electron chi connectivity index (χ4n) is 2.23. The van der Waals surface area contributed by atoms with Gasteiger partial charge in [0.1, 0.15) is 0 Å². The highest BCUT2D eigenvalue weighted by molar-refractivity contribution is 9.10. The first-order valence-electron chi connectivity index (χ1n) is 6.90. The van der Waals surface area contributed by atoms with Crippen LogP contribution in [0.4, 0.5) is 5.69 Å². The average Bonchev–Trinajstić information content (AvgIpc) is 2.83. The number of hydrogen-bond acceptors (Lipinski definition) is 5. The second kappa shape index (κ2) is 6.96. The number of anilines is 1. The number of phenols is 1. The molecule has 1 aliphatic rings. The Morgan fingerprint density at radius 1 is 1.25 bits per heavy atom. The number of amides is 1. The molecule has 3 rings (SSSR count). The summed E-state index contributed by atoms with van der Waals surface area (Å²) in [7, 11) is 1.48. The Bertz CT molecular complexity index is 849. The number of aromatic hydroxyl groups is 1. The molecule has 0 bridgehead atoms. The number of nitrogens with zero attached hydrogens (tertiary/aromatic N) is 1. The Morgan fingerprint density at radius 2 is 1.96 bits per heavy atom. The van der Waals surface area contributed by atoms with E-state index in [1.165, 1.54) is 23.8 Å². The van der Waals surface area contributed by atoms with Gasteiger partial charge < -0.3 is 9.84 Å². The molecule has 0 spiro atoms. The Labute approximate surface area is 157 Å². The number of thiocarbonyl (C=S) groups is 1. The quantitative estimate of drug-likeness (QED) is 0.580. The number of hydrogen-bond donors (Lipinski definition) is 1. The monoisotopic (exact) mass is 421 g/mol. The molecule has 24 heavy (non-hydrogen) atoms. The van der Waals surface area contributed by atoms with Crippen LogP contribution in [0, 0.1) is 0 Å². The summed E-state index contributed by atoms with van der Waals surface area (Å²) in [5.41, 5.74) is 1.42. The Kier molecular flexibility index (Phi) is 4.93. The molecule has 4 nitrogen and oxygen atoms in total. The standard InChI is InChI=1S/C17H12BrNO3S2/c1-22-14-7-2-10(8-13(14)20)9-15-16(21)19(17(23)24-15)12-5-3-11(18)4-6-12/h2-9,20H,1H3/b15-9+. The maximum Gasteiger partial charge on any atom is 0.270 e. The molecule has 0 saturated carbocycles. The molecule has 0 aliphatic carbocycles. The van der Waals surface area contributed by atoms with Gasteiger partial charge in [0.05, 0.1) is 17.7 Å². The smallest absolute Gasteiger partial charge is 0.270 e. The van der Waals surface area contributed by atoms with Crippen molar-refractivity contribution in [2.45, 2.75) is 0 Å². The molecule has 0 aromatic heterocycles. The third-order valence-electron chi connectivity index (χ3n) is 3.38. The van der Waals surface area contributed by atoms with Crippen molar-refractivity contribution in [3.05, 3.63) is 57.4 Å². The van der Waals surface area contributed by atoms with E-state index < -0.39 is 0 Å². The van der Waals surface area contributed by atoms with Crippen molar-refractivity contribution in [2.75, 3.05) is 12.0 Å². The van der Waals surface area contributed by atoms with Crippen LogP contribution in [-0.2, 0) is 4.79 Å². The molecule has 2 aromatic rings. The summed E-state index contributed by atoms with van der Waals surface area (Å²) >= 11 is 9.94. The number of methoxy groups -OCH3 is 1. The van der Waals surface area contributed by atoms with Crippen LogP contribution in [0.25, 0.3) is 6.08 Å². The molecular weight excluding hydrogens is 410 g/mol. The minimum atomic E-state index is -0.178. The lowest BCUT2D eigenvalue weighted by Crippen LogP contribution is -2.27. The molecular formula is C17H12BrNO3S2. The van der Waals surface area contributed by atoms with Crippen molar-refractivity contribution in [1.29, 1.82) is 0 Å². The number of phenolic OH excluding ortho intramolecular Hbond substituents is 1. The van der Waals surface area contributed by atoms with Gasteiger partial charge in [0.2, 0.25) is 0 Å².